The summed E-state index contributed by atoms with van der Waals surface area (Å²) in [7, 11) is -4.02. The summed E-state index contributed by atoms with van der Waals surface area (Å²) in [6.07, 6.45) is 3.21. The highest BCUT2D eigenvalue weighted by Gasteiger charge is 2.33. The van der Waals surface area contributed by atoms with E-state index < -0.39 is 40.1 Å². The summed E-state index contributed by atoms with van der Waals surface area (Å²) in [6.45, 7) is 5.06. The van der Waals surface area contributed by atoms with Gasteiger partial charge in [0.05, 0.1) is 16.3 Å². The maximum Gasteiger partial charge on any atom is 0.340 e. The van der Waals surface area contributed by atoms with Gasteiger partial charge in [-0.3, -0.25) is 10.1 Å². The number of imide groups is 1. The van der Waals surface area contributed by atoms with E-state index in [4.69, 9.17) is 16.3 Å². The molecule has 0 radical (unpaired) electrons. The first-order valence-corrected chi connectivity index (χ1v) is 11.9. The van der Waals surface area contributed by atoms with Crippen LogP contribution in [0.15, 0.2) is 21.4 Å². The van der Waals surface area contributed by atoms with Crippen LogP contribution in [0.2, 0.25) is 5.02 Å². The molecule has 1 aromatic carbocycles. The number of benzene rings is 1. The Morgan fingerprint density at radius 2 is 1.91 bits per heavy atom. The number of hydrogen-bond donors (Lipinski definition) is 2. The number of rotatable bonds is 3. The summed E-state index contributed by atoms with van der Waals surface area (Å²) in [6, 6.07) is 1.79. The molecule has 3 rings (SSSR count). The highest BCUT2D eigenvalue weighted by molar-refractivity contribution is 7.90. The number of anilines is 1. The zero-order valence-electron chi connectivity index (χ0n) is 18.0. The Labute approximate surface area is 191 Å². The number of fused-ring (bicyclic) bond motifs is 3. The second kappa shape index (κ2) is 9.07. The summed E-state index contributed by atoms with van der Waals surface area (Å²) >= 11 is 6.27. The molecule has 1 fully saturated rings. The van der Waals surface area contributed by atoms with Gasteiger partial charge in [0.2, 0.25) is 0 Å². The number of hydrogen-bond acceptors (Lipinski definition) is 7. The lowest BCUT2D eigenvalue weighted by Gasteiger charge is -2.30. The van der Waals surface area contributed by atoms with Gasteiger partial charge < -0.3 is 15.0 Å². The van der Waals surface area contributed by atoms with E-state index in [1.54, 1.807) is 20.8 Å². The maximum atomic E-state index is 12.7. The normalized spacial score (nSPS) is 17.2. The minimum Gasteiger partial charge on any atom is -0.452 e. The number of nitrogens with zero attached hydrogens (tertiary/aromatic N) is 2. The predicted octanol–water partition coefficient (Wildman–Crippen LogP) is 2.60. The first-order valence-electron chi connectivity index (χ1n) is 10.1. The number of amidine groups is 1. The second-order valence-corrected chi connectivity index (χ2v) is 10.6. The molecule has 0 spiro atoms. The molecule has 0 unspecified atom stereocenters. The van der Waals surface area contributed by atoms with Crippen LogP contribution in [-0.2, 0) is 19.6 Å². The molecule has 0 aliphatic carbocycles. The quantitative estimate of drug-likeness (QED) is 0.629. The molecule has 0 atom stereocenters. The Kier molecular flexibility index (Phi) is 6.80. The Hall–Kier alpha value is -2.66. The number of carbonyl (C=O) groups is 3. The molecule has 32 heavy (non-hydrogen) atoms. The predicted molar refractivity (Wildman–Crippen MR) is 119 cm³/mol. The molecule has 174 valence electrons. The lowest BCUT2D eigenvalue weighted by molar-refractivity contribution is -0.123. The molecule has 0 saturated carbocycles. The second-order valence-electron chi connectivity index (χ2n) is 8.57. The smallest absolute Gasteiger partial charge is 0.340 e. The third-order valence-electron chi connectivity index (χ3n) is 4.73. The van der Waals surface area contributed by atoms with Crippen LogP contribution in [-0.4, -0.2) is 50.9 Å². The fraction of sp³-hybridized carbons (Fsp3) is 0.500. The Bertz CT molecular complexity index is 1090. The summed E-state index contributed by atoms with van der Waals surface area (Å²) in [5, 5.41) is 4.56. The molecular formula is C20H25ClN4O6S. The van der Waals surface area contributed by atoms with Crippen LogP contribution in [0.3, 0.4) is 0 Å². The number of ether oxygens (including phenoxy) is 1. The molecule has 2 heterocycles. The Morgan fingerprint density at radius 1 is 1.19 bits per heavy atom. The van der Waals surface area contributed by atoms with Crippen molar-refractivity contribution in [3.05, 3.63) is 22.7 Å². The van der Waals surface area contributed by atoms with Crippen LogP contribution in [0.25, 0.3) is 0 Å². The van der Waals surface area contributed by atoms with Crippen LogP contribution in [0.1, 0.15) is 56.8 Å². The number of esters is 1. The van der Waals surface area contributed by atoms with Gasteiger partial charge in [-0.05, 0) is 45.7 Å². The molecule has 1 saturated heterocycles. The fourth-order valence-corrected chi connectivity index (χ4v) is 4.90. The molecule has 2 aliphatic rings. The van der Waals surface area contributed by atoms with Gasteiger partial charge in [-0.2, -0.15) is 8.42 Å². The number of halogens is 1. The van der Waals surface area contributed by atoms with Crippen LogP contribution < -0.4 is 15.5 Å². The van der Waals surface area contributed by atoms with Crippen molar-refractivity contribution in [1.82, 2.24) is 10.6 Å². The van der Waals surface area contributed by atoms with Crippen LogP contribution in [0.4, 0.5) is 10.5 Å². The van der Waals surface area contributed by atoms with E-state index in [-0.39, 0.29) is 15.5 Å². The van der Waals surface area contributed by atoms with Crippen molar-refractivity contribution < 1.29 is 27.5 Å². The standard InChI is InChI=1S/C20H25ClN4O6S/c1-20(2,3)23-19(28)22-17(26)11-31-18(27)12-9-15-14(10-13(12)21)25-8-6-4-5-7-16(25)24-32(15,29)30/h9-10H,4-8,11H2,1-3H3,(H2,22,23,26,28). The van der Waals surface area contributed by atoms with E-state index in [0.717, 1.165) is 25.3 Å². The highest BCUT2D eigenvalue weighted by Crippen LogP contribution is 2.38. The largest absolute Gasteiger partial charge is 0.452 e. The first-order chi connectivity index (χ1) is 14.9. The Balaban J connectivity index is 1.76. The fourth-order valence-electron chi connectivity index (χ4n) is 3.40. The summed E-state index contributed by atoms with van der Waals surface area (Å²) in [4.78, 5) is 37.8. The topological polar surface area (TPSA) is 134 Å². The third-order valence-corrected chi connectivity index (χ3v) is 6.38. The first kappa shape index (κ1) is 24.0. The minimum absolute atomic E-state index is 0.0136. The van der Waals surface area contributed by atoms with E-state index in [1.807, 2.05) is 10.2 Å². The molecule has 1 aromatic rings. The number of carbonyl (C=O) groups excluding carboxylic acids is 3. The van der Waals surface area contributed by atoms with E-state index in [0.29, 0.717) is 24.5 Å². The molecule has 2 aliphatic heterocycles. The number of urea groups is 1. The molecule has 10 nitrogen and oxygen atoms in total. The lowest BCUT2D eigenvalue weighted by Crippen LogP contribution is -2.49. The maximum absolute atomic E-state index is 12.7. The average Bonchev–Trinajstić information content (AvgIpc) is 2.89. The van der Waals surface area contributed by atoms with Crippen LogP contribution in [0.5, 0.6) is 0 Å². The molecular weight excluding hydrogens is 460 g/mol. The average molecular weight is 485 g/mol. The zero-order valence-corrected chi connectivity index (χ0v) is 19.6. The van der Waals surface area contributed by atoms with Gasteiger partial charge >= 0.3 is 12.0 Å². The van der Waals surface area contributed by atoms with Crippen molar-refractivity contribution in [1.29, 1.82) is 0 Å². The summed E-state index contributed by atoms with van der Waals surface area (Å²) < 4.78 is 34.3. The Morgan fingerprint density at radius 3 is 2.59 bits per heavy atom. The van der Waals surface area contributed by atoms with Crippen molar-refractivity contribution in [2.45, 2.75) is 56.9 Å². The van der Waals surface area contributed by atoms with Crippen LogP contribution >= 0.6 is 11.6 Å². The van der Waals surface area contributed by atoms with E-state index >= 15 is 0 Å². The summed E-state index contributed by atoms with van der Waals surface area (Å²) in [5.41, 5.74) is -0.400. The SMILES string of the molecule is CC(C)(C)NC(=O)NC(=O)COC(=O)c1cc2c(cc1Cl)N1CCCCCC1=NS2(=O)=O. The number of sulfonamides is 1. The van der Waals surface area contributed by atoms with Gasteiger partial charge in [0.15, 0.2) is 6.61 Å². The van der Waals surface area contributed by atoms with Crippen molar-refractivity contribution in [3.8, 4) is 0 Å². The zero-order chi connectivity index (χ0) is 23.7. The van der Waals surface area contributed by atoms with Crippen molar-refractivity contribution in [2.24, 2.45) is 4.40 Å². The van der Waals surface area contributed by atoms with Crippen molar-refractivity contribution in [3.63, 3.8) is 0 Å². The van der Waals surface area contributed by atoms with Crippen molar-refractivity contribution in [2.75, 3.05) is 18.1 Å². The van der Waals surface area contributed by atoms with Crippen LogP contribution in [0, 0.1) is 0 Å². The number of amides is 3. The molecule has 2 N–H and O–H groups in total. The van der Waals surface area contributed by atoms with Gasteiger partial charge in [0.25, 0.3) is 15.9 Å². The number of nitrogens with one attached hydrogen (secondary N) is 2. The van der Waals surface area contributed by atoms with E-state index in [1.165, 1.54) is 6.07 Å². The van der Waals surface area contributed by atoms with Gasteiger partial charge in [-0.25, -0.2) is 9.59 Å². The van der Waals surface area contributed by atoms with Gasteiger partial charge in [0.1, 0.15) is 10.7 Å². The molecule has 3 amide bonds. The minimum atomic E-state index is -4.02. The highest BCUT2D eigenvalue weighted by atomic mass is 35.5. The molecule has 12 heteroatoms. The van der Waals surface area contributed by atoms with E-state index in [2.05, 4.69) is 9.71 Å². The summed E-state index contributed by atoms with van der Waals surface area (Å²) in [5.74, 6) is -1.38. The molecule has 0 bridgehead atoms. The monoisotopic (exact) mass is 484 g/mol. The third kappa shape index (κ3) is 5.57. The molecule has 0 aromatic heterocycles. The van der Waals surface area contributed by atoms with Crippen molar-refractivity contribution >= 4 is 51.1 Å². The van der Waals surface area contributed by atoms with Gasteiger partial charge in [0, 0.05) is 18.5 Å². The van der Waals surface area contributed by atoms with E-state index in [9.17, 15) is 22.8 Å². The lowest BCUT2D eigenvalue weighted by atomic mass is 10.1. The van der Waals surface area contributed by atoms with Gasteiger partial charge in [-0.15, -0.1) is 4.40 Å². The van der Waals surface area contributed by atoms with Gasteiger partial charge in [-0.1, -0.05) is 18.0 Å².